The minimum Gasteiger partial charge on any atom is -0.225 e. The number of sulfonamides is 2. The van der Waals surface area contributed by atoms with Crippen LogP contribution in [0.2, 0.25) is 0 Å². The maximum absolute atomic E-state index is 12.4. The molecule has 1 heterocycles. The predicted octanol–water partition coefficient (Wildman–Crippen LogP) is 0.755. The van der Waals surface area contributed by atoms with Crippen LogP contribution in [-0.4, -0.2) is 34.2 Å². The molecule has 1 aromatic rings. The lowest BCUT2D eigenvalue weighted by atomic mass is 9.93. The van der Waals surface area contributed by atoms with E-state index in [2.05, 4.69) is 0 Å². The molecule has 0 radical (unpaired) electrons. The Labute approximate surface area is 119 Å². The molecule has 2 N–H and O–H groups in total. The smallest absolute Gasteiger partial charge is 0.225 e. The van der Waals surface area contributed by atoms with Crippen LogP contribution in [0.5, 0.6) is 0 Å². The van der Waals surface area contributed by atoms with Gasteiger partial charge in [-0.2, -0.15) is 4.31 Å². The number of hydrogen-bond donors (Lipinski definition) is 1. The Morgan fingerprint density at radius 1 is 1.05 bits per heavy atom. The molecule has 1 fully saturated rings. The number of hydrogen-bond acceptors (Lipinski definition) is 4. The van der Waals surface area contributed by atoms with Crippen LogP contribution in [-0.2, 0) is 20.0 Å². The normalized spacial score (nSPS) is 20.1. The van der Waals surface area contributed by atoms with Crippen molar-refractivity contribution < 1.29 is 16.8 Å². The zero-order valence-corrected chi connectivity index (χ0v) is 13.0. The van der Waals surface area contributed by atoms with E-state index in [0.29, 0.717) is 13.1 Å². The molecule has 0 aliphatic carbocycles. The van der Waals surface area contributed by atoms with Crippen molar-refractivity contribution in [3.05, 3.63) is 24.3 Å². The molecular weight excluding hydrogens is 300 g/mol. The average Bonchev–Trinajstić information content (AvgIpc) is 2.69. The fourth-order valence-corrected chi connectivity index (χ4v) is 4.36. The molecule has 1 aliphatic heterocycles. The highest BCUT2D eigenvalue weighted by Crippen LogP contribution is 2.32. The first-order valence-corrected chi connectivity index (χ1v) is 9.14. The molecule has 0 amide bonds. The van der Waals surface area contributed by atoms with E-state index in [1.165, 1.54) is 28.6 Å². The molecule has 1 aromatic carbocycles. The average molecular weight is 318 g/mol. The third-order valence-electron chi connectivity index (χ3n) is 3.43. The van der Waals surface area contributed by atoms with Crippen LogP contribution >= 0.6 is 0 Å². The van der Waals surface area contributed by atoms with E-state index in [9.17, 15) is 16.8 Å². The van der Waals surface area contributed by atoms with Crippen LogP contribution in [0, 0.1) is 5.41 Å². The summed E-state index contributed by atoms with van der Waals surface area (Å²) < 4.78 is 48.6. The number of benzene rings is 1. The van der Waals surface area contributed by atoms with Gasteiger partial charge in [0.1, 0.15) is 0 Å². The first-order chi connectivity index (χ1) is 9.02. The minimum atomic E-state index is -3.81. The van der Waals surface area contributed by atoms with E-state index < -0.39 is 20.0 Å². The van der Waals surface area contributed by atoms with Gasteiger partial charge >= 0.3 is 0 Å². The molecular formula is C12H18N2O4S2. The standard InChI is InChI=1S/C12H18N2O4S2/c1-12(2)7-8-14(9-12)20(17,18)11-5-3-10(4-6-11)19(13,15)16/h3-6H,7-9H2,1-2H3,(H2,13,15,16). The Balaban J connectivity index is 2.32. The van der Waals surface area contributed by atoms with E-state index in [-0.39, 0.29) is 15.2 Å². The van der Waals surface area contributed by atoms with Crippen LogP contribution in [0.3, 0.4) is 0 Å². The topological polar surface area (TPSA) is 97.5 Å². The summed E-state index contributed by atoms with van der Waals surface area (Å²) in [4.78, 5) is -0.0131. The lowest BCUT2D eigenvalue weighted by Crippen LogP contribution is -2.30. The van der Waals surface area contributed by atoms with Crippen molar-refractivity contribution in [1.82, 2.24) is 4.31 Å². The van der Waals surface area contributed by atoms with Gasteiger partial charge < -0.3 is 0 Å². The summed E-state index contributed by atoms with van der Waals surface area (Å²) in [6.45, 7) is 4.98. The fraction of sp³-hybridized carbons (Fsp3) is 0.500. The number of rotatable bonds is 3. The number of nitrogens with zero attached hydrogens (tertiary/aromatic N) is 1. The van der Waals surface area contributed by atoms with E-state index in [1.54, 1.807) is 0 Å². The van der Waals surface area contributed by atoms with Gasteiger partial charge in [-0.3, -0.25) is 0 Å². The summed E-state index contributed by atoms with van der Waals surface area (Å²) in [5, 5.41) is 4.99. The summed E-state index contributed by atoms with van der Waals surface area (Å²) in [6.07, 6.45) is 0.807. The Morgan fingerprint density at radius 3 is 1.95 bits per heavy atom. The Morgan fingerprint density at radius 2 is 1.55 bits per heavy atom. The van der Waals surface area contributed by atoms with Crippen LogP contribution in [0.1, 0.15) is 20.3 Å². The van der Waals surface area contributed by atoms with E-state index in [4.69, 9.17) is 5.14 Å². The monoisotopic (exact) mass is 318 g/mol. The summed E-state index contributed by atoms with van der Waals surface area (Å²) in [6, 6.07) is 4.98. The molecule has 6 nitrogen and oxygen atoms in total. The third-order valence-corrected chi connectivity index (χ3v) is 6.22. The van der Waals surface area contributed by atoms with Crippen molar-refractivity contribution in [2.45, 2.75) is 30.1 Å². The molecule has 0 bridgehead atoms. The van der Waals surface area contributed by atoms with Crippen LogP contribution in [0.15, 0.2) is 34.1 Å². The van der Waals surface area contributed by atoms with Gasteiger partial charge in [0, 0.05) is 13.1 Å². The molecule has 0 saturated carbocycles. The molecule has 2 rings (SSSR count). The Hall–Kier alpha value is -0.960. The van der Waals surface area contributed by atoms with Crippen molar-refractivity contribution >= 4 is 20.0 Å². The van der Waals surface area contributed by atoms with Crippen molar-refractivity contribution in [2.24, 2.45) is 10.6 Å². The molecule has 1 saturated heterocycles. The van der Waals surface area contributed by atoms with Crippen LogP contribution < -0.4 is 5.14 Å². The second-order valence-electron chi connectivity index (χ2n) is 5.77. The first-order valence-electron chi connectivity index (χ1n) is 6.15. The van der Waals surface area contributed by atoms with E-state index in [0.717, 1.165) is 6.42 Å². The third kappa shape index (κ3) is 3.03. The summed E-state index contributed by atoms with van der Waals surface area (Å²) in [5.74, 6) is 0. The van der Waals surface area contributed by atoms with Crippen molar-refractivity contribution in [3.63, 3.8) is 0 Å². The number of primary sulfonamides is 1. The van der Waals surface area contributed by atoms with Crippen molar-refractivity contribution in [3.8, 4) is 0 Å². The zero-order chi connectivity index (χ0) is 15.2. The molecule has 0 unspecified atom stereocenters. The van der Waals surface area contributed by atoms with Gasteiger partial charge in [0.05, 0.1) is 9.79 Å². The molecule has 0 aromatic heterocycles. The highest BCUT2D eigenvalue weighted by atomic mass is 32.2. The van der Waals surface area contributed by atoms with Gasteiger partial charge in [-0.1, -0.05) is 13.8 Å². The van der Waals surface area contributed by atoms with E-state index >= 15 is 0 Å². The second kappa shape index (κ2) is 4.80. The van der Waals surface area contributed by atoms with Crippen LogP contribution in [0.4, 0.5) is 0 Å². The summed E-state index contributed by atoms with van der Waals surface area (Å²) in [7, 11) is -7.39. The maximum Gasteiger partial charge on any atom is 0.243 e. The minimum absolute atomic E-state index is 0.0341. The van der Waals surface area contributed by atoms with Gasteiger partial charge in [0.15, 0.2) is 0 Å². The largest absolute Gasteiger partial charge is 0.243 e. The van der Waals surface area contributed by atoms with Gasteiger partial charge in [0.25, 0.3) is 0 Å². The maximum atomic E-state index is 12.4. The molecule has 1 aliphatic rings. The predicted molar refractivity (Wildman–Crippen MR) is 75.0 cm³/mol. The van der Waals surface area contributed by atoms with Gasteiger partial charge in [-0.05, 0) is 36.1 Å². The van der Waals surface area contributed by atoms with Crippen molar-refractivity contribution in [2.75, 3.05) is 13.1 Å². The molecule has 112 valence electrons. The van der Waals surface area contributed by atoms with Gasteiger partial charge in [-0.25, -0.2) is 22.0 Å². The summed E-state index contributed by atoms with van der Waals surface area (Å²) in [5.41, 5.74) is -0.0341. The molecule has 8 heteroatoms. The number of nitrogens with two attached hydrogens (primary N) is 1. The van der Waals surface area contributed by atoms with Crippen molar-refractivity contribution in [1.29, 1.82) is 0 Å². The van der Waals surface area contributed by atoms with Crippen LogP contribution in [0.25, 0.3) is 0 Å². The first kappa shape index (κ1) is 15.4. The SMILES string of the molecule is CC1(C)CCN(S(=O)(=O)c2ccc(S(N)(=O)=O)cc2)C1. The zero-order valence-electron chi connectivity index (χ0n) is 11.4. The fourth-order valence-electron chi connectivity index (χ4n) is 2.22. The lowest BCUT2D eigenvalue weighted by molar-refractivity contribution is 0.375. The quantitative estimate of drug-likeness (QED) is 0.889. The molecule has 20 heavy (non-hydrogen) atoms. The lowest BCUT2D eigenvalue weighted by Gasteiger charge is -2.19. The highest BCUT2D eigenvalue weighted by Gasteiger charge is 2.36. The second-order valence-corrected chi connectivity index (χ2v) is 9.27. The van der Waals surface area contributed by atoms with E-state index in [1.807, 2.05) is 13.8 Å². The summed E-state index contributed by atoms with van der Waals surface area (Å²) >= 11 is 0. The highest BCUT2D eigenvalue weighted by molar-refractivity contribution is 7.89. The van der Waals surface area contributed by atoms with Gasteiger partial charge in [-0.15, -0.1) is 0 Å². The molecule has 0 spiro atoms. The Kier molecular flexibility index (Phi) is 3.70. The van der Waals surface area contributed by atoms with Gasteiger partial charge in [0.2, 0.25) is 20.0 Å². The Bertz CT molecular complexity index is 706. The molecule has 0 atom stereocenters.